The SMILES string of the molecule is CCCN(CCC)C(=O)c1cc(C)n(C2CC2)c1C. The van der Waals surface area contributed by atoms with Crippen LogP contribution in [0.3, 0.4) is 0 Å². The first-order valence-corrected chi connectivity index (χ1v) is 7.57. The molecule has 0 bridgehead atoms. The van der Waals surface area contributed by atoms with Gasteiger partial charge in [0.2, 0.25) is 0 Å². The number of aryl methyl sites for hydroxylation is 1. The van der Waals surface area contributed by atoms with E-state index in [0.717, 1.165) is 37.2 Å². The Hall–Kier alpha value is -1.25. The lowest BCUT2D eigenvalue weighted by atomic mass is 10.2. The zero-order valence-corrected chi connectivity index (χ0v) is 12.7. The number of hydrogen-bond donors (Lipinski definition) is 0. The van der Waals surface area contributed by atoms with Gasteiger partial charge in [-0.2, -0.15) is 0 Å². The van der Waals surface area contributed by atoms with Crippen molar-refractivity contribution < 1.29 is 4.79 Å². The fraction of sp³-hybridized carbons (Fsp3) is 0.688. The van der Waals surface area contributed by atoms with Crippen molar-refractivity contribution in [3.8, 4) is 0 Å². The molecule has 0 atom stereocenters. The van der Waals surface area contributed by atoms with Gasteiger partial charge in [0.25, 0.3) is 5.91 Å². The maximum absolute atomic E-state index is 12.7. The maximum atomic E-state index is 12.7. The molecule has 0 saturated heterocycles. The summed E-state index contributed by atoms with van der Waals surface area (Å²) in [6, 6.07) is 2.72. The van der Waals surface area contributed by atoms with E-state index in [9.17, 15) is 4.79 Å². The molecule has 0 radical (unpaired) electrons. The number of amides is 1. The number of carbonyl (C=O) groups is 1. The molecule has 1 fully saturated rings. The van der Waals surface area contributed by atoms with E-state index >= 15 is 0 Å². The Morgan fingerprint density at radius 1 is 1.26 bits per heavy atom. The molecule has 0 unspecified atom stereocenters. The molecule has 106 valence electrons. The van der Waals surface area contributed by atoms with Crippen LogP contribution in [0.15, 0.2) is 6.07 Å². The van der Waals surface area contributed by atoms with Crippen LogP contribution in [0.4, 0.5) is 0 Å². The molecule has 2 rings (SSSR count). The Labute approximate surface area is 116 Å². The molecule has 19 heavy (non-hydrogen) atoms. The van der Waals surface area contributed by atoms with E-state index in [1.807, 2.05) is 4.90 Å². The summed E-state index contributed by atoms with van der Waals surface area (Å²) in [5, 5.41) is 0. The predicted molar refractivity (Wildman–Crippen MR) is 78.7 cm³/mol. The maximum Gasteiger partial charge on any atom is 0.255 e. The van der Waals surface area contributed by atoms with Gasteiger partial charge in [0.1, 0.15) is 0 Å². The Morgan fingerprint density at radius 2 is 1.84 bits per heavy atom. The van der Waals surface area contributed by atoms with Crippen molar-refractivity contribution in [2.75, 3.05) is 13.1 Å². The predicted octanol–water partition coefficient (Wildman–Crippen LogP) is 3.70. The molecule has 1 aromatic rings. The third-order valence-corrected chi connectivity index (χ3v) is 3.90. The summed E-state index contributed by atoms with van der Waals surface area (Å²) < 4.78 is 2.35. The van der Waals surface area contributed by atoms with E-state index in [4.69, 9.17) is 0 Å². The van der Waals surface area contributed by atoms with Gasteiger partial charge in [0.15, 0.2) is 0 Å². The number of hydrogen-bond acceptors (Lipinski definition) is 1. The first-order chi connectivity index (χ1) is 9.10. The van der Waals surface area contributed by atoms with Crippen LogP contribution in [-0.4, -0.2) is 28.5 Å². The zero-order chi connectivity index (χ0) is 14.0. The van der Waals surface area contributed by atoms with Crippen molar-refractivity contribution in [2.45, 2.75) is 59.4 Å². The van der Waals surface area contributed by atoms with Crippen molar-refractivity contribution in [1.29, 1.82) is 0 Å². The Kier molecular flexibility index (Phi) is 4.33. The number of nitrogens with zero attached hydrogens (tertiary/aromatic N) is 2. The van der Waals surface area contributed by atoms with Gasteiger partial charge in [0.05, 0.1) is 5.56 Å². The highest BCUT2D eigenvalue weighted by Gasteiger charge is 2.29. The van der Waals surface area contributed by atoms with Gasteiger partial charge in [-0.05, 0) is 45.6 Å². The van der Waals surface area contributed by atoms with Gasteiger partial charge < -0.3 is 9.47 Å². The minimum Gasteiger partial charge on any atom is -0.345 e. The smallest absolute Gasteiger partial charge is 0.255 e. The second-order valence-electron chi connectivity index (χ2n) is 5.68. The molecule has 0 aromatic carbocycles. The average molecular weight is 262 g/mol. The Bertz CT molecular complexity index is 452. The summed E-state index contributed by atoms with van der Waals surface area (Å²) in [6.07, 6.45) is 4.56. The summed E-state index contributed by atoms with van der Waals surface area (Å²) >= 11 is 0. The standard InChI is InChI=1S/C16H26N2O/c1-5-9-17(10-6-2)16(19)15-11-12(3)18(13(15)4)14-7-8-14/h11,14H,5-10H2,1-4H3. The van der Waals surface area contributed by atoms with Crippen LogP contribution in [0, 0.1) is 13.8 Å². The monoisotopic (exact) mass is 262 g/mol. The van der Waals surface area contributed by atoms with Gasteiger partial charge in [0, 0.05) is 30.5 Å². The van der Waals surface area contributed by atoms with E-state index in [0.29, 0.717) is 6.04 Å². The number of rotatable bonds is 6. The Balaban J connectivity index is 2.24. The number of carbonyl (C=O) groups excluding carboxylic acids is 1. The van der Waals surface area contributed by atoms with Crippen molar-refractivity contribution in [3.63, 3.8) is 0 Å². The molecule has 3 heteroatoms. The van der Waals surface area contributed by atoms with Crippen molar-refractivity contribution in [1.82, 2.24) is 9.47 Å². The average Bonchev–Trinajstić information content (AvgIpc) is 3.15. The molecular formula is C16H26N2O. The van der Waals surface area contributed by atoms with E-state index in [1.54, 1.807) is 0 Å². The molecule has 1 aliphatic carbocycles. The lowest BCUT2D eigenvalue weighted by Crippen LogP contribution is -2.32. The summed E-state index contributed by atoms with van der Waals surface area (Å²) in [5.74, 6) is 0.212. The van der Waals surface area contributed by atoms with Crippen molar-refractivity contribution in [2.24, 2.45) is 0 Å². The van der Waals surface area contributed by atoms with Crippen LogP contribution in [-0.2, 0) is 0 Å². The van der Waals surface area contributed by atoms with Gasteiger partial charge >= 0.3 is 0 Å². The van der Waals surface area contributed by atoms with Gasteiger partial charge in [-0.3, -0.25) is 4.79 Å². The topological polar surface area (TPSA) is 25.2 Å². The van der Waals surface area contributed by atoms with Crippen LogP contribution in [0.1, 0.15) is 67.3 Å². The minimum atomic E-state index is 0.212. The van der Waals surface area contributed by atoms with Gasteiger partial charge in [-0.15, -0.1) is 0 Å². The first-order valence-electron chi connectivity index (χ1n) is 7.57. The van der Waals surface area contributed by atoms with E-state index in [-0.39, 0.29) is 5.91 Å². The number of aromatic nitrogens is 1. The van der Waals surface area contributed by atoms with Crippen LogP contribution in [0.2, 0.25) is 0 Å². The molecule has 1 aliphatic rings. The molecule has 1 heterocycles. The first kappa shape index (κ1) is 14.2. The van der Waals surface area contributed by atoms with E-state index < -0.39 is 0 Å². The second-order valence-corrected chi connectivity index (χ2v) is 5.68. The Morgan fingerprint density at radius 3 is 2.32 bits per heavy atom. The summed E-state index contributed by atoms with van der Waals surface area (Å²) in [4.78, 5) is 14.7. The van der Waals surface area contributed by atoms with Crippen LogP contribution in [0.5, 0.6) is 0 Å². The quantitative estimate of drug-likeness (QED) is 0.767. The fourth-order valence-electron chi connectivity index (χ4n) is 2.91. The lowest BCUT2D eigenvalue weighted by molar-refractivity contribution is 0.0754. The summed E-state index contributed by atoms with van der Waals surface area (Å²) in [7, 11) is 0. The molecular weight excluding hydrogens is 236 g/mol. The molecule has 0 aliphatic heterocycles. The largest absolute Gasteiger partial charge is 0.345 e. The van der Waals surface area contributed by atoms with Crippen molar-refractivity contribution >= 4 is 5.91 Å². The molecule has 0 N–H and O–H groups in total. The minimum absolute atomic E-state index is 0.212. The highest BCUT2D eigenvalue weighted by molar-refractivity contribution is 5.95. The second kappa shape index (κ2) is 5.81. The normalized spacial score (nSPS) is 14.7. The van der Waals surface area contributed by atoms with Crippen LogP contribution >= 0.6 is 0 Å². The van der Waals surface area contributed by atoms with E-state index in [2.05, 4.69) is 38.3 Å². The molecule has 0 spiro atoms. The van der Waals surface area contributed by atoms with Crippen LogP contribution in [0.25, 0.3) is 0 Å². The zero-order valence-electron chi connectivity index (χ0n) is 12.7. The highest BCUT2D eigenvalue weighted by atomic mass is 16.2. The molecule has 1 saturated carbocycles. The lowest BCUT2D eigenvalue weighted by Gasteiger charge is -2.21. The van der Waals surface area contributed by atoms with E-state index in [1.165, 1.54) is 18.5 Å². The third kappa shape index (κ3) is 2.85. The van der Waals surface area contributed by atoms with Crippen molar-refractivity contribution in [3.05, 3.63) is 23.0 Å². The molecule has 3 nitrogen and oxygen atoms in total. The van der Waals surface area contributed by atoms with Gasteiger partial charge in [-0.1, -0.05) is 13.8 Å². The molecule has 1 amide bonds. The van der Waals surface area contributed by atoms with Gasteiger partial charge in [-0.25, -0.2) is 0 Å². The fourth-order valence-corrected chi connectivity index (χ4v) is 2.91. The highest BCUT2D eigenvalue weighted by Crippen LogP contribution is 2.38. The summed E-state index contributed by atoms with van der Waals surface area (Å²) in [5.41, 5.74) is 3.30. The summed E-state index contributed by atoms with van der Waals surface area (Å²) in [6.45, 7) is 10.2. The third-order valence-electron chi connectivity index (χ3n) is 3.90. The van der Waals surface area contributed by atoms with Crippen LogP contribution < -0.4 is 0 Å². The molecule has 1 aromatic heterocycles.